The topological polar surface area (TPSA) is 39.1 Å². The summed E-state index contributed by atoms with van der Waals surface area (Å²) in [5.74, 6) is 0.870. The van der Waals surface area contributed by atoms with Crippen LogP contribution in [0.15, 0.2) is 0 Å². The van der Waals surface area contributed by atoms with E-state index in [0.29, 0.717) is 6.04 Å². The molecule has 2 rings (SSSR count). The van der Waals surface area contributed by atoms with E-state index in [1.54, 1.807) is 0 Å². The van der Waals surface area contributed by atoms with Gasteiger partial charge in [0.2, 0.25) is 0 Å². The highest BCUT2D eigenvalue weighted by molar-refractivity contribution is 5.10. The van der Waals surface area contributed by atoms with Gasteiger partial charge in [-0.15, -0.1) is 0 Å². The zero-order valence-corrected chi connectivity index (χ0v) is 12.8. The molecule has 2 aliphatic carbocycles. The van der Waals surface area contributed by atoms with E-state index in [1.165, 1.54) is 38.5 Å². The minimum absolute atomic E-state index is 0.280. The van der Waals surface area contributed by atoms with Gasteiger partial charge in [-0.1, -0.05) is 19.8 Å². The number of rotatable bonds is 3. The van der Waals surface area contributed by atoms with Crippen LogP contribution in [-0.4, -0.2) is 36.6 Å². The Morgan fingerprint density at radius 3 is 2.58 bits per heavy atom. The van der Waals surface area contributed by atoms with Gasteiger partial charge in [-0.25, -0.2) is 0 Å². The fourth-order valence-corrected chi connectivity index (χ4v) is 4.05. The normalized spacial score (nSPS) is 40.1. The molecule has 0 aliphatic heterocycles. The molecule has 0 bridgehead atoms. The lowest BCUT2D eigenvalue weighted by Crippen LogP contribution is -2.53. The van der Waals surface area contributed by atoms with Gasteiger partial charge in [0.1, 0.15) is 5.54 Å². The maximum absolute atomic E-state index is 9.46. The lowest BCUT2D eigenvalue weighted by atomic mass is 9.78. The van der Waals surface area contributed by atoms with Crippen molar-refractivity contribution in [1.29, 1.82) is 5.26 Å². The maximum atomic E-state index is 9.46. The van der Waals surface area contributed by atoms with Crippen LogP contribution in [0.2, 0.25) is 0 Å². The van der Waals surface area contributed by atoms with E-state index < -0.39 is 0 Å². The van der Waals surface area contributed by atoms with E-state index in [2.05, 4.69) is 30.3 Å². The Morgan fingerprint density at radius 1 is 1.21 bits per heavy atom. The molecule has 0 saturated heterocycles. The Morgan fingerprint density at radius 2 is 1.95 bits per heavy atom. The zero-order chi connectivity index (χ0) is 13.9. The summed E-state index contributed by atoms with van der Waals surface area (Å²) in [5.41, 5.74) is -0.280. The number of nitrogens with zero attached hydrogens (tertiary/aromatic N) is 2. The third-order valence-electron chi connectivity index (χ3n) is 5.48. The summed E-state index contributed by atoms with van der Waals surface area (Å²) in [7, 11) is 4.23. The molecule has 0 radical (unpaired) electrons. The molecule has 2 saturated carbocycles. The summed E-state index contributed by atoms with van der Waals surface area (Å²) >= 11 is 0. The average molecular weight is 263 g/mol. The molecule has 2 fully saturated rings. The lowest BCUT2D eigenvalue weighted by molar-refractivity contribution is 0.0770. The molecule has 1 N–H and O–H groups in total. The van der Waals surface area contributed by atoms with Gasteiger partial charge in [0, 0.05) is 12.1 Å². The van der Waals surface area contributed by atoms with Crippen LogP contribution >= 0.6 is 0 Å². The maximum Gasteiger partial charge on any atom is 0.108 e. The van der Waals surface area contributed by atoms with Crippen LogP contribution in [-0.2, 0) is 0 Å². The standard InChI is InChI=1S/C16H29N3/c1-13-6-4-7-14(10-13)19(3)15-8-5-9-16(11-15,12-17)18-2/h13-15,18H,4-11H2,1-3H3. The van der Waals surface area contributed by atoms with Crippen molar-refractivity contribution in [3.05, 3.63) is 0 Å². The Bertz CT molecular complexity index is 335. The first-order valence-corrected chi connectivity index (χ1v) is 7.92. The summed E-state index contributed by atoms with van der Waals surface area (Å²) in [4.78, 5) is 2.60. The average Bonchev–Trinajstić information content (AvgIpc) is 2.46. The zero-order valence-electron chi connectivity index (χ0n) is 12.8. The molecule has 0 aromatic carbocycles. The monoisotopic (exact) mass is 263 g/mol. The van der Waals surface area contributed by atoms with E-state index in [1.807, 2.05) is 7.05 Å². The van der Waals surface area contributed by atoms with Crippen LogP contribution < -0.4 is 5.32 Å². The first-order valence-electron chi connectivity index (χ1n) is 7.92. The summed E-state index contributed by atoms with van der Waals surface area (Å²) < 4.78 is 0. The molecule has 3 nitrogen and oxygen atoms in total. The molecule has 0 spiro atoms. The Balaban J connectivity index is 1.99. The number of hydrogen-bond acceptors (Lipinski definition) is 3. The van der Waals surface area contributed by atoms with Crippen LogP contribution in [0.1, 0.15) is 58.3 Å². The van der Waals surface area contributed by atoms with Crippen molar-refractivity contribution < 1.29 is 0 Å². The Hall–Kier alpha value is -0.590. The van der Waals surface area contributed by atoms with Crippen molar-refractivity contribution in [2.45, 2.75) is 75.9 Å². The summed E-state index contributed by atoms with van der Waals surface area (Å²) in [6, 6.07) is 3.84. The first-order chi connectivity index (χ1) is 9.10. The first kappa shape index (κ1) is 14.8. The quantitative estimate of drug-likeness (QED) is 0.851. The van der Waals surface area contributed by atoms with Crippen LogP contribution in [0.4, 0.5) is 0 Å². The SMILES string of the molecule is CNC1(C#N)CCCC(N(C)C2CCCC(C)C2)C1. The van der Waals surface area contributed by atoms with Gasteiger partial charge in [-0.2, -0.15) is 5.26 Å². The van der Waals surface area contributed by atoms with Crippen LogP contribution in [0, 0.1) is 17.2 Å². The molecule has 0 amide bonds. The molecule has 0 aromatic heterocycles. The molecular weight excluding hydrogens is 234 g/mol. The van der Waals surface area contributed by atoms with Gasteiger partial charge >= 0.3 is 0 Å². The van der Waals surface area contributed by atoms with Crippen LogP contribution in [0.3, 0.4) is 0 Å². The minimum Gasteiger partial charge on any atom is -0.302 e. The number of hydrogen-bond donors (Lipinski definition) is 1. The highest BCUT2D eigenvalue weighted by atomic mass is 15.2. The van der Waals surface area contributed by atoms with E-state index >= 15 is 0 Å². The van der Waals surface area contributed by atoms with Gasteiger partial charge in [0.15, 0.2) is 0 Å². The molecule has 3 heteroatoms. The third-order valence-corrected chi connectivity index (χ3v) is 5.48. The largest absolute Gasteiger partial charge is 0.302 e. The molecule has 0 aromatic rings. The molecule has 0 heterocycles. The van der Waals surface area contributed by atoms with Crippen LogP contribution in [0.5, 0.6) is 0 Å². The molecule has 4 unspecified atom stereocenters. The van der Waals surface area contributed by atoms with E-state index in [-0.39, 0.29) is 5.54 Å². The molecule has 108 valence electrons. The van der Waals surface area contributed by atoms with Crippen molar-refractivity contribution in [3.8, 4) is 6.07 Å². The summed E-state index contributed by atoms with van der Waals surface area (Å²) in [6.07, 6.45) is 9.87. The smallest absolute Gasteiger partial charge is 0.108 e. The van der Waals surface area contributed by atoms with Gasteiger partial charge < -0.3 is 10.2 Å². The van der Waals surface area contributed by atoms with E-state index in [9.17, 15) is 5.26 Å². The second kappa shape index (κ2) is 6.24. The summed E-state index contributed by atoms with van der Waals surface area (Å²) in [5, 5.41) is 12.7. The Labute approximate surface area is 118 Å². The predicted molar refractivity (Wildman–Crippen MR) is 78.8 cm³/mol. The third kappa shape index (κ3) is 3.30. The second-order valence-electron chi connectivity index (χ2n) is 6.79. The molecule has 19 heavy (non-hydrogen) atoms. The molecular formula is C16H29N3. The van der Waals surface area contributed by atoms with Crippen molar-refractivity contribution in [3.63, 3.8) is 0 Å². The van der Waals surface area contributed by atoms with Crippen molar-refractivity contribution in [1.82, 2.24) is 10.2 Å². The van der Waals surface area contributed by atoms with Crippen LogP contribution in [0.25, 0.3) is 0 Å². The fourth-order valence-electron chi connectivity index (χ4n) is 4.05. The van der Waals surface area contributed by atoms with Crippen molar-refractivity contribution in [2.24, 2.45) is 5.92 Å². The van der Waals surface area contributed by atoms with E-state index in [4.69, 9.17) is 0 Å². The minimum atomic E-state index is -0.280. The van der Waals surface area contributed by atoms with Crippen molar-refractivity contribution >= 4 is 0 Å². The number of nitriles is 1. The molecule has 4 atom stereocenters. The van der Waals surface area contributed by atoms with Gasteiger partial charge in [-0.05, 0) is 58.5 Å². The van der Waals surface area contributed by atoms with Gasteiger partial charge in [0.05, 0.1) is 6.07 Å². The van der Waals surface area contributed by atoms with E-state index in [0.717, 1.165) is 24.8 Å². The lowest BCUT2D eigenvalue weighted by Gasteiger charge is -2.44. The molecule has 2 aliphatic rings. The Kier molecular flexibility index (Phi) is 4.86. The predicted octanol–water partition coefficient (Wildman–Crippen LogP) is 2.92. The highest BCUT2D eigenvalue weighted by Crippen LogP contribution is 2.34. The van der Waals surface area contributed by atoms with Gasteiger partial charge in [-0.3, -0.25) is 0 Å². The second-order valence-corrected chi connectivity index (χ2v) is 6.79. The van der Waals surface area contributed by atoms with Gasteiger partial charge in [0.25, 0.3) is 0 Å². The van der Waals surface area contributed by atoms with Crippen molar-refractivity contribution in [2.75, 3.05) is 14.1 Å². The number of nitrogens with one attached hydrogen (secondary N) is 1. The summed E-state index contributed by atoms with van der Waals surface area (Å²) in [6.45, 7) is 2.38. The fraction of sp³-hybridized carbons (Fsp3) is 0.938. The highest BCUT2D eigenvalue weighted by Gasteiger charge is 2.38.